The predicted molar refractivity (Wildman–Crippen MR) is 132 cm³/mol. The topological polar surface area (TPSA) is 46.6 Å². The fourth-order valence-electron chi connectivity index (χ4n) is 3.22. The van der Waals surface area contributed by atoms with Gasteiger partial charge in [-0.3, -0.25) is 4.79 Å². The molecule has 0 fully saturated rings. The summed E-state index contributed by atoms with van der Waals surface area (Å²) >= 11 is 5.87. The van der Waals surface area contributed by atoms with E-state index < -0.39 is 6.09 Å². The van der Waals surface area contributed by atoms with Gasteiger partial charge in [0.05, 0.1) is 11.4 Å². The minimum Gasteiger partial charge on any atom is -0.410 e. The predicted octanol–water partition coefficient (Wildman–Crippen LogP) is 7.57. The Morgan fingerprint density at radius 3 is 1.94 bits per heavy atom. The van der Waals surface area contributed by atoms with Gasteiger partial charge >= 0.3 is 6.09 Å². The van der Waals surface area contributed by atoms with Gasteiger partial charge in [-0.25, -0.2) is 9.69 Å². The summed E-state index contributed by atoms with van der Waals surface area (Å²) in [6, 6.07) is 32.3. The number of benzene rings is 4. The van der Waals surface area contributed by atoms with E-state index in [4.69, 9.17) is 16.3 Å². The van der Waals surface area contributed by atoms with Gasteiger partial charge in [-0.1, -0.05) is 66.2 Å². The molecule has 4 nitrogen and oxygen atoms in total. The van der Waals surface area contributed by atoms with Gasteiger partial charge in [0.2, 0.25) is 0 Å². The van der Waals surface area contributed by atoms with Crippen LogP contribution in [0.3, 0.4) is 0 Å². The summed E-state index contributed by atoms with van der Waals surface area (Å²) in [6.45, 7) is 0. The van der Waals surface area contributed by atoms with E-state index in [2.05, 4.69) is 0 Å². The van der Waals surface area contributed by atoms with E-state index in [-0.39, 0.29) is 5.78 Å². The van der Waals surface area contributed by atoms with Gasteiger partial charge in [0.25, 0.3) is 0 Å². The van der Waals surface area contributed by atoms with Crippen molar-refractivity contribution in [3.63, 3.8) is 0 Å². The number of ether oxygens (including phenoxy) is 1. The molecule has 162 valence electrons. The summed E-state index contributed by atoms with van der Waals surface area (Å²) in [7, 11) is 0. The fourth-order valence-corrected chi connectivity index (χ4v) is 3.35. The van der Waals surface area contributed by atoms with Crippen LogP contribution in [0.5, 0.6) is 5.75 Å². The SMILES string of the molecule is O=C(C=Cc1cccc(OC(=O)N(c2ccccc2)c2ccccc2)c1)c1ccc(Cl)cc1. The zero-order valence-electron chi connectivity index (χ0n) is 17.6. The molecular weight excluding hydrogens is 434 g/mol. The second-order valence-electron chi connectivity index (χ2n) is 7.15. The van der Waals surface area contributed by atoms with Crippen LogP contribution in [0.4, 0.5) is 16.2 Å². The third-order valence-electron chi connectivity index (χ3n) is 4.83. The Morgan fingerprint density at radius 2 is 1.33 bits per heavy atom. The van der Waals surface area contributed by atoms with Crippen molar-refractivity contribution >= 4 is 40.9 Å². The molecule has 0 aliphatic carbocycles. The quantitative estimate of drug-likeness (QED) is 0.223. The van der Waals surface area contributed by atoms with Gasteiger partial charge in [-0.2, -0.15) is 0 Å². The number of hydrogen-bond acceptors (Lipinski definition) is 3. The number of carbonyl (C=O) groups excluding carboxylic acids is 2. The van der Waals surface area contributed by atoms with E-state index in [1.54, 1.807) is 48.5 Å². The average molecular weight is 454 g/mol. The lowest BCUT2D eigenvalue weighted by Gasteiger charge is -2.22. The Balaban J connectivity index is 1.52. The van der Waals surface area contributed by atoms with E-state index in [1.165, 1.54) is 11.0 Å². The number of nitrogens with zero attached hydrogens (tertiary/aromatic N) is 1. The van der Waals surface area contributed by atoms with Gasteiger partial charge in [0.15, 0.2) is 5.78 Å². The number of ketones is 1. The lowest BCUT2D eigenvalue weighted by molar-refractivity contribution is 0.104. The highest BCUT2D eigenvalue weighted by atomic mass is 35.5. The molecule has 0 saturated carbocycles. The average Bonchev–Trinajstić information content (AvgIpc) is 2.85. The smallest absolute Gasteiger partial charge is 0.410 e. The molecule has 0 aliphatic heterocycles. The van der Waals surface area contributed by atoms with Crippen molar-refractivity contribution in [1.82, 2.24) is 0 Å². The summed E-state index contributed by atoms with van der Waals surface area (Å²) in [5.41, 5.74) is 2.66. The molecule has 0 unspecified atom stereocenters. The minimum absolute atomic E-state index is 0.145. The van der Waals surface area contributed by atoms with Crippen molar-refractivity contribution in [3.05, 3.63) is 131 Å². The van der Waals surface area contributed by atoms with Crippen LogP contribution in [-0.4, -0.2) is 11.9 Å². The maximum atomic E-state index is 13.1. The molecule has 33 heavy (non-hydrogen) atoms. The van der Waals surface area contributed by atoms with Crippen molar-refractivity contribution in [2.24, 2.45) is 0 Å². The summed E-state index contributed by atoms with van der Waals surface area (Å²) < 4.78 is 5.68. The van der Waals surface area contributed by atoms with Crippen LogP contribution < -0.4 is 9.64 Å². The van der Waals surface area contributed by atoms with E-state index in [1.807, 2.05) is 66.7 Å². The van der Waals surface area contributed by atoms with Crippen molar-refractivity contribution in [3.8, 4) is 5.75 Å². The first-order chi connectivity index (χ1) is 16.1. The van der Waals surface area contributed by atoms with Crippen LogP contribution in [0.25, 0.3) is 6.08 Å². The number of amides is 1. The lowest BCUT2D eigenvalue weighted by Crippen LogP contribution is -2.29. The Morgan fingerprint density at radius 1 is 0.727 bits per heavy atom. The molecule has 4 aromatic carbocycles. The van der Waals surface area contributed by atoms with Gasteiger partial charge in [0.1, 0.15) is 5.75 Å². The normalized spacial score (nSPS) is 10.7. The zero-order chi connectivity index (χ0) is 23.0. The Hall–Kier alpha value is -4.15. The molecule has 0 bridgehead atoms. The number of halogens is 1. The summed E-state index contributed by atoms with van der Waals surface area (Å²) in [6.07, 6.45) is 2.62. The maximum Gasteiger partial charge on any atom is 0.424 e. The van der Waals surface area contributed by atoms with Crippen LogP contribution in [0.15, 0.2) is 115 Å². The number of hydrogen-bond donors (Lipinski definition) is 0. The van der Waals surface area contributed by atoms with Gasteiger partial charge in [0, 0.05) is 10.6 Å². The van der Waals surface area contributed by atoms with Gasteiger partial charge in [-0.05, 0) is 72.3 Å². The third kappa shape index (κ3) is 5.76. The van der Waals surface area contributed by atoms with Crippen LogP contribution in [0.1, 0.15) is 15.9 Å². The molecule has 0 radical (unpaired) electrons. The fraction of sp³-hybridized carbons (Fsp3) is 0. The summed E-state index contributed by atoms with van der Waals surface area (Å²) in [5, 5.41) is 0.574. The Kier molecular flexibility index (Phi) is 6.98. The molecule has 0 aromatic heterocycles. The lowest BCUT2D eigenvalue weighted by atomic mass is 10.1. The van der Waals surface area contributed by atoms with Crippen LogP contribution in [0, 0.1) is 0 Å². The number of rotatable bonds is 6. The molecule has 0 N–H and O–H groups in total. The van der Waals surface area contributed by atoms with E-state index >= 15 is 0 Å². The molecule has 0 aliphatic rings. The Bertz CT molecular complexity index is 1230. The van der Waals surface area contributed by atoms with Crippen LogP contribution >= 0.6 is 11.6 Å². The molecular formula is C28H20ClNO3. The monoisotopic (exact) mass is 453 g/mol. The van der Waals surface area contributed by atoms with Gasteiger partial charge < -0.3 is 4.74 Å². The second-order valence-corrected chi connectivity index (χ2v) is 7.59. The van der Waals surface area contributed by atoms with Gasteiger partial charge in [-0.15, -0.1) is 0 Å². The van der Waals surface area contributed by atoms with Crippen molar-refractivity contribution in [2.45, 2.75) is 0 Å². The molecule has 5 heteroatoms. The van der Waals surface area contributed by atoms with Crippen molar-refractivity contribution in [1.29, 1.82) is 0 Å². The summed E-state index contributed by atoms with van der Waals surface area (Å²) in [4.78, 5) is 27.0. The third-order valence-corrected chi connectivity index (χ3v) is 5.08. The highest BCUT2D eigenvalue weighted by Gasteiger charge is 2.20. The molecule has 4 rings (SSSR count). The second kappa shape index (κ2) is 10.4. The number of para-hydroxylation sites is 2. The number of allylic oxidation sites excluding steroid dienone is 1. The molecule has 1 amide bonds. The maximum absolute atomic E-state index is 13.1. The van der Waals surface area contributed by atoms with E-state index in [0.717, 1.165) is 5.56 Å². The summed E-state index contributed by atoms with van der Waals surface area (Å²) in [5.74, 6) is 0.228. The minimum atomic E-state index is -0.536. The first-order valence-electron chi connectivity index (χ1n) is 10.3. The molecule has 0 heterocycles. The van der Waals surface area contributed by atoms with Crippen molar-refractivity contribution in [2.75, 3.05) is 4.90 Å². The number of carbonyl (C=O) groups is 2. The largest absolute Gasteiger partial charge is 0.424 e. The van der Waals surface area contributed by atoms with Crippen LogP contribution in [-0.2, 0) is 0 Å². The Labute approximate surface area is 197 Å². The van der Waals surface area contributed by atoms with E-state index in [9.17, 15) is 9.59 Å². The van der Waals surface area contributed by atoms with E-state index in [0.29, 0.717) is 27.7 Å². The zero-order valence-corrected chi connectivity index (χ0v) is 18.4. The van der Waals surface area contributed by atoms with Crippen LogP contribution in [0.2, 0.25) is 5.02 Å². The first-order valence-corrected chi connectivity index (χ1v) is 10.7. The molecule has 0 spiro atoms. The van der Waals surface area contributed by atoms with Crippen molar-refractivity contribution < 1.29 is 14.3 Å². The highest BCUT2D eigenvalue weighted by molar-refractivity contribution is 6.30. The molecule has 0 atom stereocenters. The highest BCUT2D eigenvalue weighted by Crippen LogP contribution is 2.27. The first kappa shape index (κ1) is 22.1. The molecule has 0 saturated heterocycles. The standard InChI is InChI=1S/C28H20ClNO3/c29-23-17-15-22(16-18-23)27(31)19-14-21-8-7-13-26(20-21)33-28(32)30(24-9-3-1-4-10-24)25-11-5-2-6-12-25/h1-20H. The molecule has 4 aromatic rings. The number of anilines is 2.